The van der Waals surface area contributed by atoms with Crippen LogP contribution in [-0.2, 0) is 16.0 Å². The van der Waals surface area contributed by atoms with Crippen molar-refractivity contribution < 1.29 is 19.5 Å². The molecule has 7 heteroatoms. The zero-order valence-corrected chi connectivity index (χ0v) is 16.2. The summed E-state index contributed by atoms with van der Waals surface area (Å²) in [5.41, 5.74) is 0.818. The average molecular weight is 388 g/mol. The summed E-state index contributed by atoms with van der Waals surface area (Å²) in [7, 11) is 0. The van der Waals surface area contributed by atoms with E-state index < -0.39 is 17.9 Å². The van der Waals surface area contributed by atoms with Crippen LogP contribution in [0.2, 0.25) is 0 Å². The minimum Gasteiger partial charge on any atom is -0.480 e. The number of benzene rings is 1. The van der Waals surface area contributed by atoms with Gasteiger partial charge in [0.15, 0.2) is 0 Å². The van der Waals surface area contributed by atoms with Crippen LogP contribution in [0.4, 0.5) is 5.69 Å². The first-order chi connectivity index (χ1) is 12.9. The minimum absolute atomic E-state index is 0.116. The summed E-state index contributed by atoms with van der Waals surface area (Å²) in [6.45, 7) is 3.46. The summed E-state index contributed by atoms with van der Waals surface area (Å²) < 4.78 is 0. The molecule has 0 fully saturated rings. The van der Waals surface area contributed by atoms with Crippen LogP contribution < -0.4 is 10.6 Å². The highest BCUT2D eigenvalue weighted by molar-refractivity contribution is 7.09. The number of hydrogen-bond donors (Lipinski definition) is 3. The number of aliphatic carboxylic acids is 1. The lowest BCUT2D eigenvalue weighted by Gasteiger charge is -2.18. The van der Waals surface area contributed by atoms with Crippen LogP contribution in [0.3, 0.4) is 0 Å². The predicted molar refractivity (Wildman–Crippen MR) is 106 cm³/mol. The quantitative estimate of drug-likeness (QED) is 0.612. The van der Waals surface area contributed by atoms with Crippen molar-refractivity contribution in [3.63, 3.8) is 0 Å². The van der Waals surface area contributed by atoms with Crippen LogP contribution in [0, 0.1) is 5.92 Å². The van der Waals surface area contributed by atoms with Crippen LogP contribution in [0.25, 0.3) is 0 Å². The van der Waals surface area contributed by atoms with E-state index >= 15 is 0 Å². The van der Waals surface area contributed by atoms with Gasteiger partial charge in [0.25, 0.3) is 5.91 Å². The summed E-state index contributed by atoms with van der Waals surface area (Å²) in [6, 6.07) is 9.56. The lowest BCUT2D eigenvalue weighted by molar-refractivity contribution is -0.140. The molecule has 0 bridgehead atoms. The summed E-state index contributed by atoms with van der Waals surface area (Å²) in [5.74, 6) is -1.91. The number of carbonyl (C=O) groups is 3. The second-order valence-corrected chi connectivity index (χ2v) is 7.63. The maximum absolute atomic E-state index is 12.3. The van der Waals surface area contributed by atoms with E-state index in [4.69, 9.17) is 0 Å². The number of carboxylic acid groups (broad SMARTS) is 1. The molecule has 0 aliphatic rings. The molecule has 0 saturated carbocycles. The van der Waals surface area contributed by atoms with Gasteiger partial charge in [0.1, 0.15) is 6.04 Å². The SMILES string of the molecule is CC(C)[C@H](NC(=O)c1cccc(NC(=O)CCCc2cccs2)c1)C(=O)O. The Bertz CT molecular complexity index is 787. The Hall–Kier alpha value is -2.67. The minimum atomic E-state index is -1.08. The van der Waals surface area contributed by atoms with Gasteiger partial charge in [-0.05, 0) is 48.4 Å². The van der Waals surface area contributed by atoms with Crippen molar-refractivity contribution in [2.45, 2.75) is 39.2 Å². The van der Waals surface area contributed by atoms with Crippen molar-refractivity contribution in [2.75, 3.05) is 5.32 Å². The third-order valence-electron chi connectivity index (χ3n) is 4.03. The lowest BCUT2D eigenvalue weighted by Crippen LogP contribution is -2.44. The monoisotopic (exact) mass is 388 g/mol. The van der Waals surface area contributed by atoms with Crippen molar-refractivity contribution in [3.05, 3.63) is 52.2 Å². The Kier molecular flexibility index (Phi) is 7.55. The van der Waals surface area contributed by atoms with Gasteiger partial charge in [-0.3, -0.25) is 9.59 Å². The summed E-state index contributed by atoms with van der Waals surface area (Å²) >= 11 is 1.67. The molecular weight excluding hydrogens is 364 g/mol. The first kappa shape index (κ1) is 20.6. The van der Waals surface area contributed by atoms with Gasteiger partial charge in [-0.1, -0.05) is 26.0 Å². The lowest BCUT2D eigenvalue weighted by atomic mass is 10.0. The highest BCUT2D eigenvalue weighted by atomic mass is 32.1. The first-order valence-corrected chi connectivity index (χ1v) is 9.70. The molecule has 2 rings (SSSR count). The molecule has 2 amide bonds. The molecule has 6 nitrogen and oxygen atoms in total. The Morgan fingerprint density at radius 2 is 1.93 bits per heavy atom. The molecule has 0 aliphatic carbocycles. The highest BCUT2D eigenvalue weighted by Crippen LogP contribution is 2.15. The topological polar surface area (TPSA) is 95.5 Å². The molecule has 144 valence electrons. The van der Waals surface area contributed by atoms with Crippen molar-refractivity contribution in [1.29, 1.82) is 0 Å². The van der Waals surface area contributed by atoms with Crippen LogP contribution in [0.5, 0.6) is 0 Å². The van der Waals surface area contributed by atoms with Gasteiger partial charge in [0, 0.05) is 22.5 Å². The fraction of sp³-hybridized carbons (Fsp3) is 0.350. The molecule has 0 saturated heterocycles. The molecule has 0 spiro atoms. The second-order valence-electron chi connectivity index (χ2n) is 6.60. The predicted octanol–water partition coefficient (Wildman–Crippen LogP) is 3.55. The molecular formula is C20H24N2O4S. The third-order valence-corrected chi connectivity index (χ3v) is 4.97. The average Bonchev–Trinajstić information content (AvgIpc) is 3.12. The Labute approximate surface area is 162 Å². The number of nitrogens with one attached hydrogen (secondary N) is 2. The highest BCUT2D eigenvalue weighted by Gasteiger charge is 2.24. The van der Waals surface area contributed by atoms with Gasteiger partial charge in [0.05, 0.1) is 0 Å². The third kappa shape index (κ3) is 6.53. The van der Waals surface area contributed by atoms with E-state index in [1.165, 1.54) is 4.88 Å². The molecule has 0 aliphatic heterocycles. The summed E-state index contributed by atoms with van der Waals surface area (Å²) in [4.78, 5) is 36.9. The molecule has 1 atom stereocenters. The van der Waals surface area contributed by atoms with Gasteiger partial charge in [-0.2, -0.15) is 0 Å². The standard InChI is InChI=1S/C20H24N2O4S/c1-13(2)18(20(25)26)22-19(24)14-6-3-7-15(12-14)21-17(23)10-4-8-16-9-5-11-27-16/h3,5-7,9,11-13,18H,4,8,10H2,1-2H3,(H,21,23)(H,22,24)(H,25,26)/t18-/m0/s1. The summed E-state index contributed by atoms with van der Waals surface area (Å²) in [5, 5.41) is 16.5. The normalized spacial score (nSPS) is 11.8. The van der Waals surface area contributed by atoms with Crippen LogP contribution >= 0.6 is 11.3 Å². The molecule has 1 aromatic heterocycles. The number of amides is 2. The number of rotatable bonds is 9. The molecule has 1 heterocycles. The van der Waals surface area contributed by atoms with E-state index in [9.17, 15) is 19.5 Å². The van der Waals surface area contributed by atoms with Crippen LogP contribution in [-0.4, -0.2) is 28.9 Å². The number of aryl methyl sites for hydroxylation is 1. The number of anilines is 1. The Balaban J connectivity index is 1.90. The molecule has 27 heavy (non-hydrogen) atoms. The van der Waals surface area contributed by atoms with E-state index in [1.54, 1.807) is 49.4 Å². The molecule has 2 aromatic rings. The largest absolute Gasteiger partial charge is 0.480 e. The van der Waals surface area contributed by atoms with E-state index in [0.717, 1.165) is 12.8 Å². The fourth-order valence-corrected chi connectivity index (χ4v) is 3.33. The van der Waals surface area contributed by atoms with Crippen LogP contribution in [0.15, 0.2) is 41.8 Å². The molecule has 1 aromatic carbocycles. The smallest absolute Gasteiger partial charge is 0.326 e. The maximum atomic E-state index is 12.3. The number of thiophene rings is 1. The van der Waals surface area contributed by atoms with Crippen molar-refractivity contribution >= 4 is 34.8 Å². The molecule has 0 radical (unpaired) electrons. The van der Waals surface area contributed by atoms with Gasteiger partial charge < -0.3 is 15.7 Å². The van der Waals surface area contributed by atoms with Gasteiger partial charge >= 0.3 is 5.97 Å². The Morgan fingerprint density at radius 1 is 1.15 bits per heavy atom. The zero-order chi connectivity index (χ0) is 19.8. The fourth-order valence-electron chi connectivity index (χ4n) is 2.58. The van der Waals surface area contributed by atoms with Gasteiger partial charge in [0.2, 0.25) is 5.91 Å². The van der Waals surface area contributed by atoms with E-state index in [-0.39, 0.29) is 11.8 Å². The van der Waals surface area contributed by atoms with Gasteiger partial charge in [-0.15, -0.1) is 11.3 Å². The zero-order valence-electron chi connectivity index (χ0n) is 15.4. The Morgan fingerprint density at radius 3 is 2.56 bits per heavy atom. The second kappa shape index (κ2) is 9.87. The maximum Gasteiger partial charge on any atom is 0.326 e. The van der Waals surface area contributed by atoms with E-state index in [2.05, 4.69) is 10.6 Å². The number of carbonyl (C=O) groups excluding carboxylic acids is 2. The van der Waals surface area contributed by atoms with Crippen LogP contribution in [0.1, 0.15) is 41.9 Å². The van der Waals surface area contributed by atoms with Crippen molar-refractivity contribution in [1.82, 2.24) is 5.32 Å². The van der Waals surface area contributed by atoms with E-state index in [1.807, 2.05) is 17.5 Å². The van der Waals surface area contributed by atoms with E-state index in [0.29, 0.717) is 17.7 Å². The van der Waals surface area contributed by atoms with Crippen molar-refractivity contribution in [2.24, 2.45) is 5.92 Å². The molecule has 3 N–H and O–H groups in total. The first-order valence-electron chi connectivity index (χ1n) is 8.83. The number of carboxylic acids is 1. The molecule has 0 unspecified atom stereocenters. The number of hydrogen-bond acceptors (Lipinski definition) is 4. The van der Waals surface area contributed by atoms with Gasteiger partial charge in [-0.25, -0.2) is 4.79 Å². The van der Waals surface area contributed by atoms with Crippen molar-refractivity contribution in [3.8, 4) is 0 Å². The summed E-state index contributed by atoms with van der Waals surface area (Å²) in [6.07, 6.45) is 2.00.